The first kappa shape index (κ1) is 25.4. The van der Waals surface area contributed by atoms with Gasteiger partial charge in [-0.25, -0.2) is 0 Å². The lowest BCUT2D eigenvalue weighted by Gasteiger charge is -2.27. The van der Waals surface area contributed by atoms with Gasteiger partial charge in [0.15, 0.2) is 5.96 Å². The van der Waals surface area contributed by atoms with Gasteiger partial charge in [-0.2, -0.15) is 0 Å². The molecule has 2 saturated heterocycles. The van der Waals surface area contributed by atoms with Gasteiger partial charge in [0.1, 0.15) is 0 Å². The minimum Gasteiger partial charge on any atom is -0.381 e. The minimum absolute atomic E-state index is 0. The van der Waals surface area contributed by atoms with Crippen LogP contribution in [0.5, 0.6) is 0 Å². The van der Waals surface area contributed by atoms with Crippen LogP contribution in [-0.2, 0) is 11.2 Å². The molecule has 2 fully saturated rings. The number of guanidine groups is 1. The Morgan fingerprint density at radius 1 is 1.17 bits per heavy atom. The number of nitrogens with one attached hydrogen (secondary N) is 1. The van der Waals surface area contributed by atoms with E-state index in [-0.39, 0.29) is 24.0 Å². The third-order valence-electron chi connectivity index (χ3n) is 6.34. The molecule has 2 aliphatic rings. The Labute approximate surface area is 200 Å². The van der Waals surface area contributed by atoms with E-state index in [0.29, 0.717) is 5.92 Å². The molecule has 0 amide bonds. The molecule has 0 aliphatic carbocycles. The molecular weight excluding hydrogens is 487 g/mol. The van der Waals surface area contributed by atoms with Crippen LogP contribution in [0.15, 0.2) is 35.3 Å². The van der Waals surface area contributed by atoms with Crippen LogP contribution in [0.25, 0.3) is 0 Å². The van der Waals surface area contributed by atoms with Crippen LogP contribution in [0.1, 0.15) is 38.2 Å². The van der Waals surface area contributed by atoms with Gasteiger partial charge < -0.3 is 19.9 Å². The van der Waals surface area contributed by atoms with E-state index < -0.39 is 0 Å². The predicted octanol–water partition coefficient (Wildman–Crippen LogP) is 3.88. The molecule has 0 saturated carbocycles. The summed E-state index contributed by atoms with van der Waals surface area (Å²) in [5, 5.41) is 3.49. The van der Waals surface area contributed by atoms with Crippen molar-refractivity contribution >= 4 is 29.9 Å². The molecule has 30 heavy (non-hydrogen) atoms. The van der Waals surface area contributed by atoms with Crippen LogP contribution in [0.2, 0.25) is 0 Å². The number of ether oxygens (including phenoxy) is 1. The first-order valence-electron chi connectivity index (χ1n) is 11.6. The zero-order valence-electron chi connectivity index (χ0n) is 18.9. The van der Waals surface area contributed by atoms with Gasteiger partial charge in [-0.15, -0.1) is 24.0 Å². The number of aliphatic imine (C=N–C) groups is 1. The normalized spacial score (nSPS) is 20.7. The van der Waals surface area contributed by atoms with E-state index in [4.69, 9.17) is 9.73 Å². The second-order valence-electron chi connectivity index (χ2n) is 8.65. The quantitative estimate of drug-likeness (QED) is 0.300. The molecule has 170 valence electrons. The van der Waals surface area contributed by atoms with Crippen molar-refractivity contribution in [1.29, 1.82) is 0 Å². The molecule has 0 spiro atoms. The number of hydrogen-bond donors (Lipinski definition) is 1. The highest BCUT2D eigenvalue weighted by atomic mass is 127. The molecule has 1 unspecified atom stereocenters. The summed E-state index contributed by atoms with van der Waals surface area (Å²) in [7, 11) is 2.18. The summed E-state index contributed by atoms with van der Waals surface area (Å²) in [6, 6.07) is 10.8. The first-order chi connectivity index (χ1) is 14.2. The summed E-state index contributed by atoms with van der Waals surface area (Å²) in [6.45, 7) is 10.5. The van der Waals surface area contributed by atoms with Crippen LogP contribution >= 0.6 is 24.0 Å². The van der Waals surface area contributed by atoms with Crippen molar-refractivity contribution in [1.82, 2.24) is 15.1 Å². The summed E-state index contributed by atoms with van der Waals surface area (Å²) in [6.07, 6.45) is 6.07. The van der Waals surface area contributed by atoms with Crippen molar-refractivity contribution in [2.45, 2.75) is 39.0 Å². The van der Waals surface area contributed by atoms with Crippen molar-refractivity contribution < 1.29 is 4.74 Å². The zero-order chi connectivity index (χ0) is 20.3. The van der Waals surface area contributed by atoms with Crippen LogP contribution in [-0.4, -0.2) is 75.3 Å². The van der Waals surface area contributed by atoms with Gasteiger partial charge in [0.05, 0.1) is 0 Å². The number of halogens is 1. The molecule has 1 aromatic carbocycles. The first-order valence-corrected chi connectivity index (χ1v) is 11.6. The number of likely N-dealkylation sites (tertiary alicyclic amines) is 1. The minimum atomic E-state index is 0. The van der Waals surface area contributed by atoms with Crippen molar-refractivity contribution in [2.24, 2.45) is 16.8 Å². The molecule has 0 aromatic heterocycles. The maximum atomic E-state index is 5.49. The molecular formula is C24H41IN4O. The molecule has 2 aliphatic heterocycles. The van der Waals surface area contributed by atoms with Crippen LogP contribution in [0, 0.1) is 11.8 Å². The van der Waals surface area contributed by atoms with E-state index in [1.165, 1.54) is 44.3 Å². The molecule has 3 rings (SSSR count). The van der Waals surface area contributed by atoms with E-state index >= 15 is 0 Å². The maximum absolute atomic E-state index is 5.49. The highest BCUT2D eigenvalue weighted by molar-refractivity contribution is 14.0. The predicted molar refractivity (Wildman–Crippen MR) is 137 cm³/mol. The van der Waals surface area contributed by atoms with E-state index in [1.54, 1.807) is 0 Å². The Bertz CT molecular complexity index is 606. The van der Waals surface area contributed by atoms with E-state index in [9.17, 15) is 0 Å². The van der Waals surface area contributed by atoms with Crippen molar-refractivity contribution in [3.8, 4) is 0 Å². The topological polar surface area (TPSA) is 40.1 Å². The van der Waals surface area contributed by atoms with Gasteiger partial charge in [0.25, 0.3) is 0 Å². The van der Waals surface area contributed by atoms with Gasteiger partial charge in [0.2, 0.25) is 0 Å². The molecule has 2 heterocycles. The highest BCUT2D eigenvalue weighted by Gasteiger charge is 2.22. The summed E-state index contributed by atoms with van der Waals surface area (Å²) < 4.78 is 5.49. The molecule has 6 heteroatoms. The number of hydrogen-bond acceptors (Lipinski definition) is 3. The largest absolute Gasteiger partial charge is 0.381 e. The van der Waals surface area contributed by atoms with Crippen LogP contribution in [0.3, 0.4) is 0 Å². The lowest BCUT2D eigenvalue weighted by molar-refractivity contribution is 0.0625. The molecule has 5 nitrogen and oxygen atoms in total. The number of rotatable bonds is 9. The average molecular weight is 529 g/mol. The Balaban J connectivity index is 0.00000320. The van der Waals surface area contributed by atoms with Crippen LogP contribution < -0.4 is 5.32 Å². The van der Waals surface area contributed by atoms with Crippen LogP contribution in [0.4, 0.5) is 0 Å². The Morgan fingerprint density at radius 3 is 2.67 bits per heavy atom. The van der Waals surface area contributed by atoms with Gasteiger partial charge >= 0.3 is 0 Å². The average Bonchev–Trinajstić information content (AvgIpc) is 3.23. The molecule has 0 radical (unpaired) electrons. The van der Waals surface area contributed by atoms with Gasteiger partial charge in [-0.05, 0) is 63.0 Å². The van der Waals surface area contributed by atoms with Gasteiger partial charge in [-0.3, -0.25) is 4.99 Å². The van der Waals surface area contributed by atoms with E-state index in [2.05, 4.69) is 59.4 Å². The fraction of sp³-hybridized carbons (Fsp3) is 0.708. The smallest absolute Gasteiger partial charge is 0.193 e. The summed E-state index contributed by atoms with van der Waals surface area (Å²) in [5.74, 6) is 2.56. The summed E-state index contributed by atoms with van der Waals surface area (Å²) in [5.41, 5.74) is 1.44. The molecule has 0 bridgehead atoms. The Kier molecular flexibility index (Phi) is 12.1. The van der Waals surface area contributed by atoms with Gasteiger partial charge in [0, 0.05) is 53.0 Å². The SMILES string of the molecule is CCNC(=NCC1CCN(CCc2ccccc2)C1)N(C)CCC1CCOCC1.I. The standard InChI is InChI=1S/C24H40N4O.HI/c1-3-25-24(27(2)14-9-22-12-17-29-18-13-22)26-19-23-11-16-28(20-23)15-10-21-7-5-4-6-8-21;/h4-8,22-23H,3,9-20H2,1-2H3,(H,25,26);1H. The lowest BCUT2D eigenvalue weighted by Crippen LogP contribution is -2.40. The van der Waals surface area contributed by atoms with Crippen molar-refractivity contribution in [3.63, 3.8) is 0 Å². The zero-order valence-corrected chi connectivity index (χ0v) is 21.2. The summed E-state index contributed by atoms with van der Waals surface area (Å²) >= 11 is 0. The Morgan fingerprint density at radius 2 is 1.93 bits per heavy atom. The third-order valence-corrected chi connectivity index (χ3v) is 6.34. The Hall–Kier alpha value is -0.860. The van der Waals surface area contributed by atoms with E-state index in [0.717, 1.165) is 57.7 Å². The van der Waals surface area contributed by atoms with E-state index in [1.807, 2.05) is 0 Å². The van der Waals surface area contributed by atoms with Crippen molar-refractivity contribution in [3.05, 3.63) is 35.9 Å². The van der Waals surface area contributed by atoms with Gasteiger partial charge in [-0.1, -0.05) is 30.3 Å². The fourth-order valence-corrected chi connectivity index (χ4v) is 4.40. The monoisotopic (exact) mass is 528 g/mol. The fourth-order valence-electron chi connectivity index (χ4n) is 4.40. The number of benzene rings is 1. The second-order valence-corrected chi connectivity index (χ2v) is 8.65. The maximum Gasteiger partial charge on any atom is 0.193 e. The van der Waals surface area contributed by atoms with Crippen molar-refractivity contribution in [2.75, 3.05) is 59.5 Å². The highest BCUT2D eigenvalue weighted by Crippen LogP contribution is 2.19. The summed E-state index contributed by atoms with van der Waals surface area (Å²) in [4.78, 5) is 9.92. The molecule has 1 N–H and O–H groups in total. The number of nitrogens with zero attached hydrogens (tertiary/aromatic N) is 3. The molecule has 1 aromatic rings. The third kappa shape index (κ3) is 8.71. The molecule has 1 atom stereocenters. The second kappa shape index (κ2) is 14.2. The lowest BCUT2D eigenvalue weighted by atomic mass is 9.96.